The summed E-state index contributed by atoms with van der Waals surface area (Å²) in [6.45, 7) is 2.60. The van der Waals surface area contributed by atoms with Crippen LogP contribution in [-0.2, 0) is 9.53 Å². The van der Waals surface area contributed by atoms with Crippen molar-refractivity contribution in [3.8, 4) is 0 Å². The number of H-pyrrole nitrogens is 1. The van der Waals surface area contributed by atoms with Crippen molar-refractivity contribution in [2.24, 2.45) is 11.3 Å². The van der Waals surface area contributed by atoms with Gasteiger partial charge in [-0.2, -0.15) is 13.2 Å². The monoisotopic (exact) mass is 416 g/mol. The van der Waals surface area contributed by atoms with Gasteiger partial charge < -0.3 is 25.3 Å². The minimum atomic E-state index is -5.08. The number of hydrogen-bond donors (Lipinski definition) is 4. The van der Waals surface area contributed by atoms with E-state index in [1.165, 1.54) is 12.7 Å². The molecule has 1 saturated heterocycles. The Morgan fingerprint density at radius 3 is 2.52 bits per heavy atom. The van der Waals surface area contributed by atoms with Crippen molar-refractivity contribution in [3.63, 3.8) is 0 Å². The van der Waals surface area contributed by atoms with Crippen molar-refractivity contribution in [2.75, 3.05) is 25.1 Å². The number of rotatable bonds is 4. The van der Waals surface area contributed by atoms with Crippen LogP contribution in [0.3, 0.4) is 0 Å². The fraction of sp³-hybridized carbons (Fsp3) is 0.529. The number of anilines is 1. The van der Waals surface area contributed by atoms with Crippen molar-refractivity contribution < 1.29 is 37.7 Å². The highest BCUT2D eigenvalue weighted by Gasteiger charge is 2.53. The van der Waals surface area contributed by atoms with E-state index < -0.39 is 18.1 Å². The third-order valence-electron chi connectivity index (χ3n) is 5.26. The number of alkyl halides is 3. The fourth-order valence-corrected chi connectivity index (χ4v) is 3.53. The Balaban J connectivity index is 0.000000298. The topological polar surface area (TPSA) is 137 Å². The summed E-state index contributed by atoms with van der Waals surface area (Å²) in [6, 6.07) is 1.58. The summed E-state index contributed by atoms with van der Waals surface area (Å²) in [5.74, 6) is -2.40. The summed E-state index contributed by atoms with van der Waals surface area (Å²) in [6.07, 6.45) is -0.104. The third-order valence-corrected chi connectivity index (χ3v) is 5.26. The summed E-state index contributed by atoms with van der Waals surface area (Å²) in [5, 5.41) is 20.3. The maximum Gasteiger partial charge on any atom is 0.490 e. The molecule has 1 unspecified atom stereocenters. The van der Waals surface area contributed by atoms with E-state index in [1.54, 1.807) is 6.07 Å². The molecule has 2 fully saturated rings. The van der Waals surface area contributed by atoms with Crippen LogP contribution in [0.1, 0.15) is 29.8 Å². The summed E-state index contributed by atoms with van der Waals surface area (Å²) < 4.78 is 37.2. The average Bonchev–Trinajstić information content (AvgIpc) is 3.12. The molecule has 29 heavy (non-hydrogen) atoms. The first-order chi connectivity index (χ1) is 13.6. The third kappa shape index (κ3) is 4.75. The Hall–Kier alpha value is -2.89. The standard InChI is InChI=1S/C15H18N4O3.C2HF3O2/c20-14(21)11-5-10-12(17-8-18-13(10)19-11)16-7-9-6-15(9)1-3-22-4-2-15;3-2(4,5)1(6)7/h5,8-9H,1-4,6-7H2,(H,20,21)(H2,16,17,18,19);(H,6,7). The molecule has 1 spiro atoms. The Labute approximate surface area is 162 Å². The molecule has 0 amide bonds. The Morgan fingerprint density at radius 2 is 1.93 bits per heavy atom. The molecule has 0 aromatic carbocycles. The van der Waals surface area contributed by atoms with Crippen LogP contribution in [0, 0.1) is 11.3 Å². The van der Waals surface area contributed by atoms with Crippen molar-refractivity contribution >= 4 is 28.8 Å². The Morgan fingerprint density at radius 1 is 1.28 bits per heavy atom. The lowest BCUT2D eigenvalue weighted by Crippen LogP contribution is -2.21. The van der Waals surface area contributed by atoms with Gasteiger partial charge in [0.05, 0.1) is 5.39 Å². The van der Waals surface area contributed by atoms with Crippen molar-refractivity contribution in [3.05, 3.63) is 18.1 Å². The molecule has 1 saturated carbocycles. The zero-order valence-electron chi connectivity index (χ0n) is 15.1. The number of carboxylic acids is 2. The molecule has 2 aromatic heterocycles. The number of carboxylic acid groups (broad SMARTS) is 2. The van der Waals surface area contributed by atoms with E-state index in [0.29, 0.717) is 22.8 Å². The smallest absolute Gasteiger partial charge is 0.477 e. The van der Waals surface area contributed by atoms with Gasteiger partial charge in [-0.05, 0) is 36.7 Å². The second-order valence-corrected chi connectivity index (χ2v) is 7.03. The summed E-state index contributed by atoms with van der Waals surface area (Å²) >= 11 is 0. The van der Waals surface area contributed by atoms with Crippen LogP contribution in [0.25, 0.3) is 11.0 Å². The van der Waals surface area contributed by atoms with Crippen LogP contribution in [0.5, 0.6) is 0 Å². The van der Waals surface area contributed by atoms with Gasteiger partial charge in [0.1, 0.15) is 23.5 Å². The quantitative estimate of drug-likeness (QED) is 0.597. The van der Waals surface area contributed by atoms with Gasteiger partial charge in [-0.25, -0.2) is 19.6 Å². The SMILES string of the molecule is O=C(O)C(F)(F)F.O=C(O)c1cc2c(NCC3CC34CCOCC4)ncnc2[nH]1. The van der Waals surface area contributed by atoms with E-state index in [-0.39, 0.29) is 5.69 Å². The molecule has 2 aliphatic rings. The normalized spacial score (nSPS) is 20.0. The van der Waals surface area contributed by atoms with E-state index in [4.69, 9.17) is 19.7 Å². The maximum atomic E-state index is 11.0. The highest BCUT2D eigenvalue weighted by Crippen LogP contribution is 2.58. The largest absolute Gasteiger partial charge is 0.490 e. The summed E-state index contributed by atoms with van der Waals surface area (Å²) in [4.78, 5) is 31.1. The first-order valence-corrected chi connectivity index (χ1v) is 8.81. The predicted molar refractivity (Wildman–Crippen MR) is 93.6 cm³/mol. The summed E-state index contributed by atoms with van der Waals surface area (Å²) in [7, 11) is 0. The lowest BCUT2D eigenvalue weighted by Gasteiger charge is -2.23. The lowest BCUT2D eigenvalue weighted by molar-refractivity contribution is -0.192. The zero-order chi connectivity index (χ0) is 21.2. The van der Waals surface area contributed by atoms with Crippen molar-refractivity contribution in [1.29, 1.82) is 0 Å². The van der Waals surface area contributed by atoms with Crippen LogP contribution < -0.4 is 5.32 Å². The molecule has 1 aliphatic carbocycles. The van der Waals surface area contributed by atoms with Gasteiger partial charge in [0.25, 0.3) is 0 Å². The number of aliphatic carboxylic acids is 1. The second kappa shape index (κ2) is 7.85. The van der Waals surface area contributed by atoms with E-state index >= 15 is 0 Å². The molecule has 0 bridgehead atoms. The number of aromatic amines is 1. The van der Waals surface area contributed by atoms with Gasteiger partial charge in [0.15, 0.2) is 0 Å². The molecular formula is C17H19F3N4O5. The summed E-state index contributed by atoms with van der Waals surface area (Å²) in [5.41, 5.74) is 1.14. The molecule has 12 heteroatoms. The number of ether oxygens (including phenoxy) is 1. The molecule has 1 atom stereocenters. The first-order valence-electron chi connectivity index (χ1n) is 8.81. The minimum Gasteiger partial charge on any atom is -0.477 e. The van der Waals surface area contributed by atoms with E-state index in [2.05, 4.69) is 20.3 Å². The fourth-order valence-electron chi connectivity index (χ4n) is 3.53. The Bertz CT molecular complexity index is 908. The molecule has 3 heterocycles. The molecule has 0 radical (unpaired) electrons. The van der Waals surface area contributed by atoms with Crippen LogP contribution >= 0.6 is 0 Å². The molecule has 2 aromatic rings. The van der Waals surface area contributed by atoms with Crippen molar-refractivity contribution in [2.45, 2.75) is 25.4 Å². The van der Waals surface area contributed by atoms with Gasteiger partial charge in [0, 0.05) is 19.8 Å². The number of aromatic carboxylic acids is 1. The van der Waals surface area contributed by atoms with Gasteiger partial charge in [-0.1, -0.05) is 0 Å². The van der Waals surface area contributed by atoms with E-state index in [1.807, 2.05) is 0 Å². The molecule has 4 rings (SSSR count). The minimum absolute atomic E-state index is 0.130. The Kier molecular flexibility index (Phi) is 5.64. The van der Waals surface area contributed by atoms with Gasteiger partial charge in [0.2, 0.25) is 0 Å². The molecular weight excluding hydrogens is 397 g/mol. The van der Waals surface area contributed by atoms with Gasteiger partial charge >= 0.3 is 18.1 Å². The van der Waals surface area contributed by atoms with Gasteiger partial charge in [-0.3, -0.25) is 0 Å². The predicted octanol–water partition coefficient (Wildman–Crippen LogP) is 2.52. The first kappa shape index (κ1) is 20.8. The zero-order valence-corrected chi connectivity index (χ0v) is 15.1. The number of fused-ring (bicyclic) bond motifs is 1. The number of nitrogens with zero attached hydrogens (tertiary/aromatic N) is 2. The van der Waals surface area contributed by atoms with Crippen LogP contribution in [0.15, 0.2) is 12.4 Å². The van der Waals surface area contributed by atoms with Crippen LogP contribution in [0.2, 0.25) is 0 Å². The molecule has 158 valence electrons. The van der Waals surface area contributed by atoms with Crippen molar-refractivity contribution in [1.82, 2.24) is 15.0 Å². The average molecular weight is 416 g/mol. The number of aromatic nitrogens is 3. The molecule has 4 N–H and O–H groups in total. The molecule has 9 nitrogen and oxygen atoms in total. The number of nitrogens with one attached hydrogen (secondary N) is 2. The maximum absolute atomic E-state index is 11.0. The number of halogens is 3. The number of hydrogen-bond acceptors (Lipinski definition) is 6. The molecule has 1 aliphatic heterocycles. The highest BCUT2D eigenvalue weighted by atomic mass is 19.4. The van der Waals surface area contributed by atoms with E-state index in [9.17, 15) is 18.0 Å². The van der Waals surface area contributed by atoms with E-state index in [0.717, 1.165) is 38.0 Å². The highest BCUT2D eigenvalue weighted by molar-refractivity contribution is 5.96. The second-order valence-electron chi connectivity index (χ2n) is 7.03. The van der Waals surface area contributed by atoms with Crippen LogP contribution in [0.4, 0.5) is 19.0 Å². The lowest BCUT2D eigenvalue weighted by atomic mass is 9.94. The number of carbonyl (C=O) groups is 2. The van der Waals surface area contributed by atoms with Gasteiger partial charge in [-0.15, -0.1) is 0 Å². The van der Waals surface area contributed by atoms with Crippen LogP contribution in [-0.4, -0.2) is 63.0 Å².